The largest absolute Gasteiger partial charge is 0.465 e. The van der Waals surface area contributed by atoms with Gasteiger partial charge in [-0.3, -0.25) is 4.68 Å². The molecule has 1 aromatic heterocycles. The Morgan fingerprint density at radius 1 is 1.33 bits per heavy atom. The lowest BCUT2D eigenvalue weighted by atomic mass is 10.3. The summed E-state index contributed by atoms with van der Waals surface area (Å²) in [7, 11) is -3.73. The van der Waals surface area contributed by atoms with Crippen LogP contribution in [-0.4, -0.2) is 35.4 Å². The first kappa shape index (κ1) is 17.8. The molecule has 130 valence electrons. The number of amides is 1. The van der Waals surface area contributed by atoms with Crippen molar-refractivity contribution < 1.29 is 18.3 Å². The lowest BCUT2D eigenvalue weighted by Gasteiger charge is -2.13. The van der Waals surface area contributed by atoms with Crippen molar-refractivity contribution in [3.05, 3.63) is 35.7 Å². The van der Waals surface area contributed by atoms with Gasteiger partial charge >= 0.3 is 6.09 Å². The molecule has 0 aliphatic rings. The first-order valence-corrected chi connectivity index (χ1v) is 8.75. The van der Waals surface area contributed by atoms with Gasteiger partial charge in [0.05, 0.1) is 22.8 Å². The van der Waals surface area contributed by atoms with Crippen LogP contribution < -0.4 is 11.1 Å². The van der Waals surface area contributed by atoms with Crippen molar-refractivity contribution in [3.63, 3.8) is 0 Å². The minimum absolute atomic E-state index is 0.134. The highest BCUT2D eigenvalue weighted by Gasteiger charge is 2.27. The maximum atomic E-state index is 12.9. The normalized spacial score (nSPS) is 12.8. The van der Waals surface area contributed by atoms with Gasteiger partial charge in [-0.05, 0) is 45.0 Å². The number of benzene rings is 1. The highest BCUT2D eigenvalue weighted by atomic mass is 32.2. The number of aryl methyl sites for hydroxylation is 1. The number of nitrogens with zero attached hydrogens (tertiary/aromatic N) is 2. The van der Waals surface area contributed by atoms with Gasteiger partial charge in [0.15, 0.2) is 0 Å². The molecule has 0 saturated heterocycles. The van der Waals surface area contributed by atoms with E-state index in [1.165, 1.54) is 28.9 Å². The van der Waals surface area contributed by atoms with Gasteiger partial charge < -0.3 is 16.2 Å². The lowest BCUT2D eigenvalue weighted by molar-refractivity contribution is 0.189. The number of rotatable bonds is 5. The summed E-state index contributed by atoms with van der Waals surface area (Å²) in [6.07, 6.45) is -1.14. The summed E-state index contributed by atoms with van der Waals surface area (Å²) < 4.78 is 27.2. The molecule has 0 radical (unpaired) electrons. The van der Waals surface area contributed by atoms with Crippen molar-refractivity contribution in [1.82, 2.24) is 15.1 Å². The number of nitrogens with one attached hydrogen (secondary N) is 1. The molecule has 0 saturated carbocycles. The van der Waals surface area contributed by atoms with E-state index in [-0.39, 0.29) is 16.3 Å². The molecule has 1 amide bonds. The van der Waals surface area contributed by atoms with Crippen LogP contribution in [-0.2, 0) is 16.4 Å². The molecule has 24 heavy (non-hydrogen) atoms. The fourth-order valence-electron chi connectivity index (χ4n) is 2.53. The van der Waals surface area contributed by atoms with E-state index in [0.29, 0.717) is 17.1 Å². The molecule has 0 aliphatic heterocycles. The van der Waals surface area contributed by atoms with Gasteiger partial charge in [-0.1, -0.05) is 0 Å². The summed E-state index contributed by atoms with van der Waals surface area (Å²) in [6, 6.07) is 5.56. The molecule has 1 aromatic carbocycles. The Morgan fingerprint density at radius 2 is 1.92 bits per heavy atom. The van der Waals surface area contributed by atoms with E-state index in [9.17, 15) is 13.2 Å². The van der Waals surface area contributed by atoms with Gasteiger partial charge in [0.25, 0.3) is 0 Å². The fraction of sp³-hybridized carbons (Fsp3) is 0.333. The summed E-state index contributed by atoms with van der Waals surface area (Å²) >= 11 is 0. The van der Waals surface area contributed by atoms with Crippen molar-refractivity contribution in [3.8, 4) is 0 Å². The molecule has 2 rings (SSSR count). The number of nitrogens with two attached hydrogens (primary N) is 1. The summed E-state index contributed by atoms with van der Waals surface area (Å²) in [5.74, 6) is 0. The average molecular weight is 352 g/mol. The van der Waals surface area contributed by atoms with Crippen molar-refractivity contribution in [2.24, 2.45) is 0 Å². The lowest BCUT2D eigenvalue weighted by Crippen LogP contribution is -2.35. The van der Waals surface area contributed by atoms with Crippen molar-refractivity contribution in [1.29, 1.82) is 0 Å². The zero-order chi connectivity index (χ0) is 18.1. The maximum absolute atomic E-state index is 12.9. The van der Waals surface area contributed by atoms with Gasteiger partial charge in [-0.25, -0.2) is 13.2 Å². The van der Waals surface area contributed by atoms with Gasteiger partial charge in [0.1, 0.15) is 4.90 Å². The molecule has 9 heteroatoms. The van der Waals surface area contributed by atoms with Gasteiger partial charge in [-0.15, -0.1) is 0 Å². The number of carbonyl (C=O) groups is 1. The van der Waals surface area contributed by atoms with Crippen LogP contribution in [0.25, 0.3) is 0 Å². The Morgan fingerprint density at radius 3 is 2.46 bits per heavy atom. The second-order valence-corrected chi connectivity index (χ2v) is 7.49. The standard InChI is InChI=1S/C15H20N4O4S/c1-9(17-15(20)21)8-19-11(3)14(10(2)18-19)24(22,23)13-6-4-12(16)5-7-13/h4-7,9,17H,8,16H2,1-3H3,(H,20,21)/t9-/m0/s1. The molecule has 0 spiro atoms. The van der Waals surface area contributed by atoms with E-state index in [2.05, 4.69) is 10.4 Å². The van der Waals surface area contributed by atoms with Crippen LogP contribution in [0.15, 0.2) is 34.1 Å². The van der Waals surface area contributed by atoms with E-state index in [4.69, 9.17) is 10.8 Å². The van der Waals surface area contributed by atoms with E-state index in [1.807, 2.05) is 0 Å². The monoisotopic (exact) mass is 352 g/mol. The summed E-state index contributed by atoms with van der Waals surface area (Å²) in [6.45, 7) is 5.18. The molecule has 1 heterocycles. The third kappa shape index (κ3) is 3.51. The number of sulfone groups is 1. The minimum Gasteiger partial charge on any atom is -0.465 e. The van der Waals surface area contributed by atoms with E-state index in [1.54, 1.807) is 20.8 Å². The van der Waals surface area contributed by atoms with Crippen LogP contribution in [0.4, 0.5) is 10.5 Å². The molecule has 0 unspecified atom stereocenters. The van der Waals surface area contributed by atoms with E-state index >= 15 is 0 Å². The zero-order valence-corrected chi connectivity index (χ0v) is 14.5. The summed E-state index contributed by atoms with van der Waals surface area (Å²) in [5, 5.41) is 15.3. The molecular weight excluding hydrogens is 332 g/mol. The second-order valence-electron chi connectivity index (χ2n) is 5.61. The number of anilines is 1. The Balaban J connectivity index is 2.41. The van der Waals surface area contributed by atoms with Crippen molar-refractivity contribution in [2.45, 2.75) is 43.1 Å². The first-order chi connectivity index (χ1) is 11.1. The third-order valence-corrected chi connectivity index (χ3v) is 5.61. The Kier molecular flexibility index (Phi) is 4.83. The van der Waals surface area contributed by atoms with Gasteiger partial charge in [-0.2, -0.15) is 5.10 Å². The molecule has 0 fully saturated rings. The zero-order valence-electron chi connectivity index (χ0n) is 13.6. The highest BCUT2D eigenvalue weighted by molar-refractivity contribution is 7.91. The van der Waals surface area contributed by atoms with E-state index in [0.717, 1.165) is 0 Å². The Labute approximate surface area is 140 Å². The number of hydrogen-bond acceptors (Lipinski definition) is 5. The SMILES string of the molecule is Cc1nn(C[C@H](C)NC(=O)O)c(C)c1S(=O)(=O)c1ccc(N)cc1. The molecule has 2 aromatic rings. The van der Waals surface area contributed by atoms with Gasteiger partial charge in [0, 0.05) is 11.7 Å². The van der Waals surface area contributed by atoms with Crippen LogP contribution in [0.5, 0.6) is 0 Å². The molecule has 0 bridgehead atoms. The summed E-state index contributed by atoms with van der Waals surface area (Å²) in [4.78, 5) is 11.0. The smallest absolute Gasteiger partial charge is 0.404 e. The highest BCUT2D eigenvalue weighted by Crippen LogP contribution is 2.27. The van der Waals surface area contributed by atoms with Crippen LogP contribution >= 0.6 is 0 Å². The molecule has 1 atom stereocenters. The first-order valence-electron chi connectivity index (χ1n) is 7.27. The predicted molar refractivity (Wildman–Crippen MR) is 88.6 cm³/mol. The molecule has 4 N–H and O–H groups in total. The van der Waals surface area contributed by atoms with Crippen LogP contribution in [0.1, 0.15) is 18.3 Å². The topological polar surface area (TPSA) is 127 Å². The third-order valence-electron chi connectivity index (χ3n) is 3.59. The molecule has 0 aliphatic carbocycles. The van der Waals surface area contributed by atoms with Crippen molar-refractivity contribution in [2.75, 3.05) is 5.73 Å². The fourth-order valence-corrected chi connectivity index (χ4v) is 4.18. The Bertz CT molecular complexity index is 856. The maximum Gasteiger partial charge on any atom is 0.404 e. The number of carboxylic acid groups (broad SMARTS) is 1. The number of nitrogen functional groups attached to an aromatic ring is 1. The molecule has 8 nitrogen and oxygen atoms in total. The quantitative estimate of drug-likeness (QED) is 0.701. The van der Waals surface area contributed by atoms with Crippen LogP contribution in [0.3, 0.4) is 0 Å². The van der Waals surface area contributed by atoms with E-state index < -0.39 is 22.0 Å². The van der Waals surface area contributed by atoms with Crippen LogP contribution in [0, 0.1) is 13.8 Å². The molecular formula is C15H20N4O4S. The van der Waals surface area contributed by atoms with Gasteiger partial charge in [0.2, 0.25) is 9.84 Å². The minimum atomic E-state index is -3.73. The summed E-state index contributed by atoms with van der Waals surface area (Å²) in [5.41, 5.74) is 6.91. The van der Waals surface area contributed by atoms with Crippen molar-refractivity contribution >= 4 is 21.6 Å². The Hall–Kier alpha value is -2.55. The van der Waals surface area contributed by atoms with Crippen LogP contribution in [0.2, 0.25) is 0 Å². The number of hydrogen-bond donors (Lipinski definition) is 3. The second kappa shape index (κ2) is 6.52. The number of aromatic nitrogens is 2. The average Bonchev–Trinajstić information content (AvgIpc) is 2.73. The predicted octanol–water partition coefficient (Wildman–Crippen LogP) is 1.57.